The van der Waals surface area contributed by atoms with E-state index in [4.69, 9.17) is 16.3 Å². The van der Waals surface area contributed by atoms with E-state index in [0.29, 0.717) is 22.5 Å². The van der Waals surface area contributed by atoms with Crippen LogP contribution < -0.4 is 14.4 Å². The van der Waals surface area contributed by atoms with Crippen LogP contribution in [0.25, 0.3) is 11.3 Å². The number of nitrogens with one attached hydrogen (secondary N) is 1. The van der Waals surface area contributed by atoms with Crippen molar-refractivity contribution < 1.29 is 33.0 Å². The van der Waals surface area contributed by atoms with Gasteiger partial charge in [-0.05, 0) is 30.3 Å². The molecule has 10 nitrogen and oxygen atoms in total. The van der Waals surface area contributed by atoms with Gasteiger partial charge >= 0.3 is 5.97 Å². The summed E-state index contributed by atoms with van der Waals surface area (Å²) in [7, 11) is -2.56. The zero-order chi connectivity index (χ0) is 29.3. The lowest BCUT2D eigenvalue weighted by Crippen LogP contribution is -2.31. The monoisotopic (exact) mass is 631 g/mol. The highest BCUT2D eigenvalue weighted by Crippen LogP contribution is 2.49. The maximum atomic E-state index is 13.3. The third-order valence-corrected chi connectivity index (χ3v) is 10.2. The van der Waals surface area contributed by atoms with E-state index in [1.807, 2.05) is 0 Å². The number of carbonyl (C=O) groups is 2. The molecule has 1 amide bonds. The summed E-state index contributed by atoms with van der Waals surface area (Å²) in [6, 6.07) is 17.6. The number of phenolic OH excluding ortho intramolecular Hbond substituents is 1. The second kappa shape index (κ2) is 11.6. The van der Waals surface area contributed by atoms with Crippen molar-refractivity contribution in [1.82, 2.24) is 4.98 Å². The number of para-hydroxylation sites is 1. The van der Waals surface area contributed by atoms with E-state index in [-0.39, 0.29) is 38.9 Å². The van der Waals surface area contributed by atoms with Crippen LogP contribution in [0.1, 0.15) is 17.4 Å². The van der Waals surface area contributed by atoms with Crippen molar-refractivity contribution in [2.24, 2.45) is 0 Å². The minimum atomic E-state index is -3.95. The first kappa shape index (κ1) is 28.7. The highest BCUT2D eigenvalue weighted by Gasteiger charge is 2.43. The quantitative estimate of drug-likeness (QED) is 0.215. The Morgan fingerprint density at radius 2 is 1.88 bits per heavy atom. The number of aromatic hydroxyl groups is 1. The second-order valence-corrected chi connectivity index (χ2v) is 13.1. The number of amides is 1. The fourth-order valence-electron chi connectivity index (χ4n) is 4.24. The van der Waals surface area contributed by atoms with Crippen LogP contribution in [0.5, 0.6) is 11.5 Å². The molecule has 5 rings (SSSR count). The maximum Gasteiger partial charge on any atom is 0.305 e. The molecule has 1 aliphatic rings. The molecule has 1 saturated heterocycles. The van der Waals surface area contributed by atoms with Gasteiger partial charge in [0.25, 0.3) is 10.0 Å². The Morgan fingerprint density at radius 3 is 2.56 bits per heavy atom. The fourth-order valence-corrected chi connectivity index (χ4v) is 7.89. The number of carbonyl (C=O) groups excluding carboxylic acids is 1. The van der Waals surface area contributed by atoms with Gasteiger partial charge in [0.1, 0.15) is 16.9 Å². The van der Waals surface area contributed by atoms with Gasteiger partial charge in [-0.15, -0.1) is 23.1 Å². The summed E-state index contributed by atoms with van der Waals surface area (Å²) < 4.78 is 33.3. The van der Waals surface area contributed by atoms with Gasteiger partial charge in [0, 0.05) is 28.3 Å². The predicted molar refractivity (Wildman–Crippen MR) is 158 cm³/mol. The van der Waals surface area contributed by atoms with Crippen molar-refractivity contribution in [2.75, 3.05) is 16.7 Å². The molecule has 0 aliphatic carbocycles. The van der Waals surface area contributed by atoms with Crippen LogP contribution in [-0.2, 0) is 19.6 Å². The Balaban J connectivity index is 1.38. The number of halogens is 1. The van der Waals surface area contributed by atoms with Crippen LogP contribution in [-0.4, -0.2) is 47.9 Å². The maximum absolute atomic E-state index is 13.3. The number of sulfonamides is 1. The first-order valence-corrected chi connectivity index (χ1v) is 15.7. The Hall–Kier alpha value is -3.78. The molecule has 0 spiro atoms. The number of thioether (sulfide) groups is 1. The smallest absolute Gasteiger partial charge is 0.305 e. The molecule has 212 valence electrons. The molecule has 2 heterocycles. The van der Waals surface area contributed by atoms with E-state index >= 15 is 0 Å². The number of thiazole rings is 1. The number of anilines is 2. The molecule has 14 heteroatoms. The summed E-state index contributed by atoms with van der Waals surface area (Å²) in [5.41, 5.74) is 2.19. The summed E-state index contributed by atoms with van der Waals surface area (Å²) in [6.07, 6.45) is -0.345. The fraction of sp³-hybridized carbons (Fsp3) is 0.148. The van der Waals surface area contributed by atoms with Crippen LogP contribution >= 0.6 is 34.7 Å². The minimum Gasteiger partial charge on any atom is -0.508 e. The number of ether oxygens (including phenoxy) is 1. The lowest BCUT2D eigenvalue weighted by molar-refractivity contribution is -0.138. The molecular formula is C27H22ClN3O7S3. The number of rotatable bonds is 9. The first-order chi connectivity index (χ1) is 19.6. The van der Waals surface area contributed by atoms with Crippen LogP contribution in [0.2, 0.25) is 5.02 Å². The summed E-state index contributed by atoms with van der Waals surface area (Å²) in [6.45, 7) is 0. The zero-order valence-corrected chi connectivity index (χ0v) is 24.4. The van der Waals surface area contributed by atoms with Crippen molar-refractivity contribution >= 4 is 67.4 Å². The minimum absolute atomic E-state index is 0.00453. The number of phenols is 1. The van der Waals surface area contributed by atoms with Gasteiger partial charge in [-0.1, -0.05) is 41.9 Å². The average Bonchev–Trinajstić information content (AvgIpc) is 3.52. The summed E-state index contributed by atoms with van der Waals surface area (Å²) in [5, 5.41) is 20.4. The van der Waals surface area contributed by atoms with E-state index in [9.17, 15) is 28.2 Å². The van der Waals surface area contributed by atoms with Gasteiger partial charge in [-0.25, -0.2) is 13.4 Å². The van der Waals surface area contributed by atoms with E-state index < -0.39 is 26.6 Å². The summed E-state index contributed by atoms with van der Waals surface area (Å²) in [4.78, 5) is 30.5. The van der Waals surface area contributed by atoms with Crippen LogP contribution in [0, 0.1) is 0 Å². The molecule has 3 N–H and O–H groups in total. The normalized spacial score (nSPS) is 17.0. The third kappa shape index (κ3) is 5.98. The number of hydrogen-bond acceptors (Lipinski definition) is 9. The van der Waals surface area contributed by atoms with E-state index in [0.717, 1.165) is 11.3 Å². The molecule has 1 fully saturated rings. The Labute approximate surface area is 248 Å². The first-order valence-electron chi connectivity index (χ1n) is 12.0. The number of carboxylic acids is 1. The van der Waals surface area contributed by atoms with Gasteiger partial charge in [-0.3, -0.25) is 19.2 Å². The van der Waals surface area contributed by atoms with Gasteiger partial charge in [-0.2, -0.15) is 0 Å². The standard InChI is InChI=1S/C27H22ClN3O7S3/c1-38-22-12-17(10-11-19(22)28)41(36,37)30-27-29-20(14-39-27)15-6-8-16(9-7-15)31-25(35)23(13-24(33)34)40-26(31)18-4-2-3-5-21(18)32/h2-12,14,23,26,32H,13H2,1H3,(H,29,30)(H,33,34). The van der Waals surface area contributed by atoms with Crippen LogP contribution in [0.3, 0.4) is 0 Å². The number of carboxylic acid groups (broad SMARTS) is 1. The number of hydrogen-bond donors (Lipinski definition) is 3. The molecule has 0 radical (unpaired) electrons. The number of aliphatic carboxylic acids is 1. The molecule has 2 unspecified atom stereocenters. The van der Waals surface area contributed by atoms with Crippen molar-refractivity contribution in [3.05, 3.63) is 82.7 Å². The van der Waals surface area contributed by atoms with E-state index in [1.165, 1.54) is 48.0 Å². The predicted octanol–water partition coefficient (Wildman–Crippen LogP) is 5.60. The number of benzene rings is 3. The Kier molecular flexibility index (Phi) is 8.13. The lowest BCUT2D eigenvalue weighted by atomic mass is 10.1. The van der Waals surface area contributed by atoms with Gasteiger partial charge in [0.2, 0.25) is 5.91 Å². The van der Waals surface area contributed by atoms with Crippen molar-refractivity contribution in [1.29, 1.82) is 0 Å². The highest BCUT2D eigenvalue weighted by molar-refractivity contribution is 8.01. The number of aromatic nitrogens is 1. The van der Waals surface area contributed by atoms with E-state index in [1.54, 1.807) is 47.8 Å². The summed E-state index contributed by atoms with van der Waals surface area (Å²) >= 11 is 8.28. The molecule has 2 atom stereocenters. The number of methoxy groups -OCH3 is 1. The average molecular weight is 632 g/mol. The molecule has 3 aromatic carbocycles. The highest BCUT2D eigenvalue weighted by atomic mass is 35.5. The second-order valence-electron chi connectivity index (χ2n) is 8.83. The van der Waals surface area contributed by atoms with Crippen molar-refractivity contribution in [2.45, 2.75) is 21.9 Å². The largest absolute Gasteiger partial charge is 0.508 e. The topological polar surface area (TPSA) is 146 Å². The Morgan fingerprint density at radius 1 is 1.15 bits per heavy atom. The van der Waals surface area contributed by atoms with Gasteiger partial charge < -0.3 is 14.9 Å². The lowest BCUT2D eigenvalue weighted by Gasteiger charge is -2.25. The van der Waals surface area contributed by atoms with E-state index in [2.05, 4.69) is 9.71 Å². The molecule has 0 saturated carbocycles. The molecule has 1 aromatic heterocycles. The molecule has 4 aromatic rings. The van der Waals surface area contributed by atoms with Crippen molar-refractivity contribution in [3.8, 4) is 22.8 Å². The molecule has 0 bridgehead atoms. The van der Waals surface area contributed by atoms with Crippen LogP contribution in [0.4, 0.5) is 10.8 Å². The summed E-state index contributed by atoms with van der Waals surface area (Å²) in [5.74, 6) is -1.23. The Bertz CT molecular complexity index is 1730. The third-order valence-electron chi connectivity index (χ3n) is 6.20. The molecule has 41 heavy (non-hydrogen) atoms. The zero-order valence-electron chi connectivity index (χ0n) is 21.2. The van der Waals surface area contributed by atoms with Gasteiger partial charge in [0.05, 0.1) is 34.4 Å². The molecular weight excluding hydrogens is 610 g/mol. The van der Waals surface area contributed by atoms with Crippen molar-refractivity contribution in [3.63, 3.8) is 0 Å². The van der Waals surface area contributed by atoms with Crippen LogP contribution in [0.15, 0.2) is 77.0 Å². The van der Waals surface area contributed by atoms with Gasteiger partial charge in [0.15, 0.2) is 5.13 Å². The molecule has 1 aliphatic heterocycles. The SMILES string of the molecule is COc1cc(S(=O)(=O)Nc2nc(-c3ccc(N4C(=O)C(CC(=O)O)SC4c4ccccc4O)cc3)cs2)ccc1Cl. The number of nitrogens with zero attached hydrogens (tertiary/aromatic N) is 2.